The third kappa shape index (κ3) is 4.26. The van der Waals surface area contributed by atoms with Gasteiger partial charge in [-0.2, -0.15) is 0 Å². The fourth-order valence-electron chi connectivity index (χ4n) is 1.63. The van der Waals surface area contributed by atoms with Gasteiger partial charge in [0.25, 0.3) is 0 Å². The Bertz CT molecular complexity index is 734. The van der Waals surface area contributed by atoms with Gasteiger partial charge in [0.05, 0.1) is 17.1 Å². The van der Waals surface area contributed by atoms with Gasteiger partial charge in [0, 0.05) is 20.8 Å². The van der Waals surface area contributed by atoms with Gasteiger partial charge < -0.3 is 5.32 Å². The van der Waals surface area contributed by atoms with Gasteiger partial charge in [-0.25, -0.2) is 13.1 Å². The van der Waals surface area contributed by atoms with E-state index in [1.54, 1.807) is 30.5 Å². The van der Waals surface area contributed by atoms with Crippen LogP contribution in [-0.4, -0.2) is 20.4 Å². The van der Waals surface area contributed by atoms with Gasteiger partial charge >= 0.3 is 0 Å². The Morgan fingerprint density at radius 3 is 2.43 bits per heavy atom. The number of benzene rings is 1. The van der Waals surface area contributed by atoms with Crippen LogP contribution >= 0.6 is 31.9 Å². The number of aromatic nitrogens is 1. The molecule has 2 rings (SSSR count). The second-order valence-electron chi connectivity index (χ2n) is 4.17. The van der Waals surface area contributed by atoms with Crippen molar-refractivity contribution in [2.75, 3.05) is 12.4 Å². The van der Waals surface area contributed by atoms with E-state index in [2.05, 4.69) is 46.9 Å². The van der Waals surface area contributed by atoms with Crippen molar-refractivity contribution >= 4 is 47.6 Å². The lowest BCUT2D eigenvalue weighted by molar-refractivity contribution is 0.588. The lowest BCUT2D eigenvalue weighted by atomic mass is 10.3. The first-order valence-electron chi connectivity index (χ1n) is 6.00. The van der Waals surface area contributed by atoms with Crippen LogP contribution in [0, 0.1) is 0 Å². The lowest BCUT2D eigenvalue weighted by Crippen LogP contribution is -2.18. The predicted octanol–water partition coefficient (Wildman–Crippen LogP) is 3.13. The molecule has 0 fully saturated rings. The molecular weight excluding hydrogens is 422 g/mol. The van der Waals surface area contributed by atoms with Crippen LogP contribution in [-0.2, 0) is 16.6 Å². The largest absolute Gasteiger partial charge is 0.379 e. The van der Waals surface area contributed by atoms with Gasteiger partial charge in [-0.05, 0) is 69.2 Å². The van der Waals surface area contributed by atoms with E-state index in [9.17, 15) is 8.42 Å². The molecule has 0 saturated heterocycles. The van der Waals surface area contributed by atoms with Crippen LogP contribution < -0.4 is 10.0 Å². The van der Waals surface area contributed by atoms with Crippen LogP contribution in [0.2, 0.25) is 0 Å². The van der Waals surface area contributed by atoms with Gasteiger partial charge in [0.2, 0.25) is 10.0 Å². The molecule has 2 N–H and O–H groups in total. The minimum absolute atomic E-state index is 0.235. The molecule has 21 heavy (non-hydrogen) atoms. The summed E-state index contributed by atoms with van der Waals surface area (Å²) in [4.78, 5) is 4.54. The van der Waals surface area contributed by atoms with E-state index in [-0.39, 0.29) is 4.90 Å². The fraction of sp³-hybridized carbons (Fsp3) is 0.154. The maximum Gasteiger partial charge on any atom is 0.240 e. The van der Waals surface area contributed by atoms with Crippen LogP contribution in [0.3, 0.4) is 0 Å². The molecule has 0 spiro atoms. The van der Waals surface area contributed by atoms with Crippen LogP contribution in [0.25, 0.3) is 0 Å². The number of anilines is 1. The third-order valence-corrected chi connectivity index (χ3v) is 5.33. The van der Waals surface area contributed by atoms with Gasteiger partial charge in [-0.15, -0.1) is 0 Å². The monoisotopic (exact) mass is 433 g/mol. The quantitative estimate of drug-likeness (QED) is 0.758. The predicted molar refractivity (Wildman–Crippen MR) is 89.7 cm³/mol. The van der Waals surface area contributed by atoms with E-state index in [0.717, 1.165) is 20.3 Å². The molecule has 1 heterocycles. The molecule has 5 nitrogen and oxygen atoms in total. The molecule has 1 aromatic carbocycles. The Labute approximate surface area is 140 Å². The SMILES string of the molecule is CNS(=O)(=O)c1ccc(NCc2ncc(Br)cc2Br)cc1. The van der Waals surface area contributed by atoms with Crippen molar-refractivity contribution in [2.24, 2.45) is 0 Å². The summed E-state index contributed by atoms with van der Waals surface area (Å²) < 4.78 is 27.3. The van der Waals surface area contributed by atoms with E-state index in [4.69, 9.17) is 0 Å². The maximum atomic E-state index is 11.6. The van der Waals surface area contributed by atoms with E-state index >= 15 is 0 Å². The molecule has 0 aliphatic rings. The first kappa shape index (κ1) is 16.4. The van der Waals surface area contributed by atoms with E-state index in [0.29, 0.717) is 6.54 Å². The van der Waals surface area contributed by atoms with Gasteiger partial charge in [0.1, 0.15) is 0 Å². The number of halogens is 2. The summed E-state index contributed by atoms with van der Waals surface area (Å²) in [5, 5.41) is 3.19. The van der Waals surface area contributed by atoms with Crippen molar-refractivity contribution in [3.8, 4) is 0 Å². The molecule has 2 aromatic rings. The van der Waals surface area contributed by atoms with Crippen LogP contribution in [0.4, 0.5) is 5.69 Å². The van der Waals surface area contributed by atoms with E-state index < -0.39 is 10.0 Å². The Morgan fingerprint density at radius 1 is 1.19 bits per heavy atom. The van der Waals surface area contributed by atoms with Crippen molar-refractivity contribution in [1.82, 2.24) is 9.71 Å². The second-order valence-corrected chi connectivity index (χ2v) is 7.82. The first-order valence-corrected chi connectivity index (χ1v) is 9.07. The Balaban J connectivity index is 2.07. The highest BCUT2D eigenvalue weighted by Crippen LogP contribution is 2.21. The van der Waals surface area contributed by atoms with Gasteiger partial charge in [-0.1, -0.05) is 0 Å². The van der Waals surface area contributed by atoms with Crippen molar-refractivity contribution < 1.29 is 8.42 Å². The van der Waals surface area contributed by atoms with Crippen molar-refractivity contribution in [3.05, 3.63) is 51.2 Å². The number of hydrogen-bond acceptors (Lipinski definition) is 4. The summed E-state index contributed by atoms with van der Waals surface area (Å²) in [7, 11) is -2.01. The summed E-state index contributed by atoms with van der Waals surface area (Å²) >= 11 is 6.80. The summed E-state index contributed by atoms with van der Waals surface area (Å²) in [6.45, 7) is 0.534. The maximum absolute atomic E-state index is 11.6. The van der Waals surface area contributed by atoms with Gasteiger partial charge in [-0.3, -0.25) is 4.98 Å². The van der Waals surface area contributed by atoms with Crippen LogP contribution in [0.15, 0.2) is 50.4 Å². The number of rotatable bonds is 5. The topological polar surface area (TPSA) is 71.1 Å². The second kappa shape index (κ2) is 6.87. The lowest BCUT2D eigenvalue weighted by Gasteiger charge is -2.09. The normalized spacial score (nSPS) is 11.4. The minimum atomic E-state index is -3.40. The van der Waals surface area contributed by atoms with E-state index in [1.807, 2.05) is 6.07 Å². The smallest absolute Gasteiger partial charge is 0.240 e. The molecule has 112 valence electrons. The molecule has 0 radical (unpaired) electrons. The molecular formula is C13H13Br2N3O2S. The zero-order valence-electron chi connectivity index (χ0n) is 11.1. The fourth-order valence-corrected chi connectivity index (χ4v) is 3.49. The molecule has 0 aliphatic heterocycles. The average Bonchev–Trinajstić information content (AvgIpc) is 2.47. The van der Waals surface area contributed by atoms with Crippen molar-refractivity contribution in [3.63, 3.8) is 0 Å². The first-order chi connectivity index (χ1) is 9.92. The molecule has 0 bridgehead atoms. The number of sulfonamides is 1. The Hall–Kier alpha value is -0.960. The summed E-state index contributed by atoms with van der Waals surface area (Å²) in [5.74, 6) is 0. The highest BCUT2D eigenvalue weighted by molar-refractivity contribution is 9.11. The Morgan fingerprint density at radius 2 is 1.86 bits per heavy atom. The standard InChI is InChI=1S/C13H13Br2N3O2S/c1-16-21(19,20)11-4-2-10(3-5-11)17-8-13-12(15)6-9(14)7-18-13/h2-7,16-17H,8H2,1H3. The average molecular weight is 435 g/mol. The summed E-state index contributed by atoms with van der Waals surface area (Å²) in [5.41, 5.74) is 1.69. The van der Waals surface area contributed by atoms with E-state index in [1.165, 1.54) is 7.05 Å². The highest BCUT2D eigenvalue weighted by atomic mass is 79.9. The zero-order valence-corrected chi connectivity index (χ0v) is 15.1. The van der Waals surface area contributed by atoms with Gasteiger partial charge in [0.15, 0.2) is 0 Å². The van der Waals surface area contributed by atoms with Crippen LogP contribution in [0.1, 0.15) is 5.69 Å². The number of nitrogens with one attached hydrogen (secondary N) is 2. The molecule has 0 unspecified atom stereocenters. The number of pyridine rings is 1. The van der Waals surface area contributed by atoms with Crippen molar-refractivity contribution in [1.29, 1.82) is 0 Å². The molecule has 0 aliphatic carbocycles. The van der Waals surface area contributed by atoms with Crippen molar-refractivity contribution in [2.45, 2.75) is 11.4 Å². The number of nitrogens with zero attached hydrogens (tertiary/aromatic N) is 1. The van der Waals surface area contributed by atoms with Crippen LogP contribution in [0.5, 0.6) is 0 Å². The minimum Gasteiger partial charge on any atom is -0.379 e. The number of hydrogen-bond donors (Lipinski definition) is 2. The zero-order chi connectivity index (χ0) is 15.5. The Kier molecular flexibility index (Phi) is 5.37. The summed E-state index contributed by atoms with van der Waals surface area (Å²) in [6.07, 6.45) is 1.73. The molecule has 0 saturated carbocycles. The molecule has 0 amide bonds. The highest BCUT2D eigenvalue weighted by Gasteiger charge is 2.10. The molecule has 8 heteroatoms. The summed E-state index contributed by atoms with van der Waals surface area (Å²) in [6, 6.07) is 8.47. The molecule has 0 atom stereocenters. The third-order valence-electron chi connectivity index (χ3n) is 2.78. The molecule has 1 aromatic heterocycles.